The molecule has 3 N–H and O–H groups in total. The van der Waals surface area contributed by atoms with Gasteiger partial charge in [0.25, 0.3) is 0 Å². The number of rotatable bonds is 8. The minimum absolute atomic E-state index is 0.135. The fraction of sp³-hybridized carbons (Fsp3) is 0.775. The molecule has 0 saturated carbocycles. The Morgan fingerprint density at radius 2 is 1.74 bits per heavy atom. The third-order valence-corrected chi connectivity index (χ3v) is 11.7. The van der Waals surface area contributed by atoms with Crippen LogP contribution in [0.15, 0.2) is 30.3 Å². The van der Waals surface area contributed by atoms with Crippen molar-refractivity contribution in [1.29, 1.82) is 0 Å². The van der Waals surface area contributed by atoms with Gasteiger partial charge in [-0.05, 0) is 92.9 Å². The quantitative estimate of drug-likeness (QED) is 0.256. The van der Waals surface area contributed by atoms with Gasteiger partial charge in [-0.25, -0.2) is 9.59 Å². The number of carbonyl (C=O) groups is 3. The molecule has 0 spiro atoms. The van der Waals surface area contributed by atoms with Crippen molar-refractivity contribution in [3.8, 4) is 0 Å². The molecule has 0 unspecified atom stereocenters. The fourth-order valence-electron chi connectivity index (χ4n) is 8.66. The second-order valence-corrected chi connectivity index (χ2v) is 16.6. The SMILES string of the molecule is CC[C@H]1OC(=O)[C@H](C)[C@@H](OC(=O)NCCc2ccccc2)[C@H](C)[C@@H](O[C@@H]2O[C@H](C)C[C@H](N(C)C)[C@H]2O)[C@@](C)(O)C[C@@H](C)CN(C)[C@H](C)[C@H]2OC(=O)O[C@@]21C. The number of alkyl carbamates (subject to hydrolysis) is 1. The van der Waals surface area contributed by atoms with Gasteiger partial charge in [0.05, 0.1) is 23.7 Å². The lowest BCUT2D eigenvalue weighted by Crippen LogP contribution is -2.59. The van der Waals surface area contributed by atoms with Crippen LogP contribution in [0, 0.1) is 17.8 Å². The minimum atomic E-state index is -1.58. The van der Waals surface area contributed by atoms with Gasteiger partial charge in [-0.2, -0.15) is 0 Å². The first kappa shape index (κ1) is 43.7. The molecular weight excluding hydrogens is 698 g/mol. The summed E-state index contributed by atoms with van der Waals surface area (Å²) >= 11 is 0. The molecule has 3 fully saturated rings. The second-order valence-electron chi connectivity index (χ2n) is 16.6. The molecule has 54 heavy (non-hydrogen) atoms. The Bertz CT molecular complexity index is 1400. The molecule has 4 rings (SSSR count). The van der Waals surface area contributed by atoms with E-state index in [9.17, 15) is 24.6 Å². The Morgan fingerprint density at radius 1 is 1.07 bits per heavy atom. The Balaban J connectivity index is 1.75. The summed E-state index contributed by atoms with van der Waals surface area (Å²) in [6.07, 6.45) is -6.36. The van der Waals surface area contributed by atoms with E-state index in [0.29, 0.717) is 25.8 Å². The lowest BCUT2D eigenvalue weighted by molar-refractivity contribution is -0.299. The highest BCUT2D eigenvalue weighted by atomic mass is 16.8. The number of cyclic esters (lactones) is 1. The molecule has 0 aliphatic carbocycles. The Labute approximate surface area is 321 Å². The molecule has 0 aromatic heterocycles. The molecule has 14 atom stereocenters. The topological polar surface area (TPSA) is 166 Å². The highest BCUT2D eigenvalue weighted by molar-refractivity contribution is 5.74. The van der Waals surface area contributed by atoms with E-state index in [0.717, 1.165) is 5.56 Å². The molecule has 1 aromatic carbocycles. The Kier molecular flexibility index (Phi) is 14.8. The standard InChI is InChI=1S/C40H65N3O11/c1-12-30-40(8)34(53-38(47)54-40)27(6)43(11)22-23(2)21-39(7,48)33(52-36-31(44)29(42(9)10)20-24(3)49-36)25(4)32(26(5)35(45)50-30)51-37(46)41-19-18-28-16-14-13-15-17-28/h13-17,23-27,29-34,36,44,48H,12,18-22H2,1-11H3,(H,41,46)/t23-,24-,25+,26-,27-,29+,30-,31-,32+,33-,34-,36+,39+,40-/m1/s1. The summed E-state index contributed by atoms with van der Waals surface area (Å²) in [5, 5.41) is 26.8. The molecule has 3 aliphatic rings. The number of benzene rings is 1. The number of aliphatic hydroxyl groups excluding tert-OH is 1. The van der Waals surface area contributed by atoms with Gasteiger partial charge in [-0.15, -0.1) is 0 Å². The van der Waals surface area contributed by atoms with Gasteiger partial charge in [0.2, 0.25) is 0 Å². The first-order chi connectivity index (χ1) is 25.3. The molecule has 1 amide bonds. The zero-order chi connectivity index (χ0) is 40.1. The highest BCUT2D eigenvalue weighted by Gasteiger charge is 2.58. The summed E-state index contributed by atoms with van der Waals surface area (Å²) in [5.41, 5.74) is -1.87. The van der Waals surface area contributed by atoms with Crippen molar-refractivity contribution in [3.05, 3.63) is 35.9 Å². The molecule has 14 nitrogen and oxygen atoms in total. The Hall–Kier alpha value is -3.01. The Morgan fingerprint density at radius 3 is 2.37 bits per heavy atom. The average molecular weight is 764 g/mol. The van der Waals surface area contributed by atoms with E-state index in [4.69, 9.17) is 28.4 Å². The number of hydrogen-bond donors (Lipinski definition) is 3. The molecular formula is C40H65N3O11. The van der Waals surface area contributed by atoms with Crippen molar-refractivity contribution in [2.45, 2.75) is 147 Å². The second kappa shape index (κ2) is 18.3. The lowest BCUT2D eigenvalue weighted by atomic mass is 9.77. The summed E-state index contributed by atoms with van der Waals surface area (Å²) in [6.45, 7) is 15.1. The largest absolute Gasteiger partial charge is 0.509 e. The highest BCUT2D eigenvalue weighted by Crippen LogP contribution is 2.40. The van der Waals surface area contributed by atoms with E-state index in [1.165, 1.54) is 0 Å². The van der Waals surface area contributed by atoms with Crippen LogP contribution in [0.4, 0.5) is 9.59 Å². The molecule has 1 aromatic rings. The zero-order valence-electron chi connectivity index (χ0n) is 34.0. The molecule has 3 heterocycles. The summed E-state index contributed by atoms with van der Waals surface area (Å²) in [6, 6.07) is 9.04. The third-order valence-electron chi connectivity index (χ3n) is 11.7. The maximum Gasteiger partial charge on any atom is 0.509 e. The number of aliphatic hydroxyl groups is 2. The first-order valence-corrected chi connectivity index (χ1v) is 19.5. The lowest BCUT2D eigenvalue weighted by Gasteiger charge is -2.47. The summed E-state index contributed by atoms with van der Waals surface area (Å²) in [4.78, 5) is 44.4. The van der Waals surface area contributed by atoms with Gasteiger partial charge in [-0.3, -0.25) is 9.69 Å². The van der Waals surface area contributed by atoms with Gasteiger partial charge >= 0.3 is 18.2 Å². The van der Waals surface area contributed by atoms with Crippen molar-refractivity contribution in [3.63, 3.8) is 0 Å². The fourth-order valence-corrected chi connectivity index (χ4v) is 8.66. The smallest absolute Gasteiger partial charge is 0.458 e. The average Bonchev–Trinajstić information content (AvgIpc) is 3.42. The maximum atomic E-state index is 14.2. The van der Waals surface area contributed by atoms with Crippen molar-refractivity contribution in [1.82, 2.24) is 15.1 Å². The van der Waals surface area contributed by atoms with Crippen LogP contribution in [0.3, 0.4) is 0 Å². The van der Waals surface area contributed by atoms with E-state index in [1.807, 2.05) is 89.0 Å². The van der Waals surface area contributed by atoms with Crippen molar-refractivity contribution >= 4 is 18.2 Å². The molecule has 306 valence electrons. The van der Waals surface area contributed by atoms with Crippen LogP contribution in [-0.4, -0.2) is 139 Å². The first-order valence-electron chi connectivity index (χ1n) is 19.5. The van der Waals surface area contributed by atoms with Crippen molar-refractivity contribution < 1.29 is 53.0 Å². The van der Waals surface area contributed by atoms with E-state index in [-0.39, 0.29) is 37.1 Å². The van der Waals surface area contributed by atoms with Gasteiger partial charge in [0, 0.05) is 31.1 Å². The minimum Gasteiger partial charge on any atom is -0.458 e. The third kappa shape index (κ3) is 10.2. The molecule has 3 saturated heterocycles. The number of amides is 1. The van der Waals surface area contributed by atoms with Gasteiger partial charge in [0.1, 0.15) is 18.3 Å². The van der Waals surface area contributed by atoms with Crippen LogP contribution in [-0.2, 0) is 39.6 Å². The number of hydrogen-bond acceptors (Lipinski definition) is 13. The van der Waals surface area contributed by atoms with Gasteiger partial charge in [-0.1, -0.05) is 51.1 Å². The van der Waals surface area contributed by atoms with Gasteiger partial charge in [0.15, 0.2) is 18.0 Å². The monoisotopic (exact) mass is 763 g/mol. The number of likely N-dealkylation sites (N-methyl/N-ethyl adjacent to an activating group) is 2. The molecule has 3 aliphatic heterocycles. The number of nitrogens with one attached hydrogen (secondary N) is 1. The van der Waals surface area contributed by atoms with Crippen LogP contribution in [0.5, 0.6) is 0 Å². The van der Waals surface area contributed by atoms with Crippen LogP contribution in [0.1, 0.15) is 80.2 Å². The van der Waals surface area contributed by atoms with E-state index >= 15 is 0 Å². The van der Waals surface area contributed by atoms with Crippen molar-refractivity contribution in [2.75, 3.05) is 34.2 Å². The molecule has 0 radical (unpaired) electrons. The number of esters is 1. The van der Waals surface area contributed by atoms with Crippen LogP contribution < -0.4 is 5.32 Å². The normalized spacial score (nSPS) is 40.0. The predicted octanol–water partition coefficient (Wildman–Crippen LogP) is 4.13. The number of fused-ring (bicyclic) bond motifs is 1. The number of carbonyl (C=O) groups excluding carboxylic acids is 3. The van der Waals surface area contributed by atoms with Crippen molar-refractivity contribution in [2.24, 2.45) is 17.8 Å². The molecule has 14 heteroatoms. The van der Waals surface area contributed by atoms with E-state index in [1.54, 1.807) is 27.7 Å². The van der Waals surface area contributed by atoms with Crippen LogP contribution >= 0.6 is 0 Å². The zero-order valence-corrected chi connectivity index (χ0v) is 34.0. The number of nitrogens with zero attached hydrogens (tertiary/aromatic N) is 2. The van der Waals surface area contributed by atoms with E-state index < -0.39 is 78.1 Å². The summed E-state index contributed by atoms with van der Waals surface area (Å²) in [7, 11) is 5.66. The summed E-state index contributed by atoms with van der Waals surface area (Å²) in [5.74, 6) is -2.75. The predicted molar refractivity (Wildman–Crippen MR) is 200 cm³/mol. The maximum absolute atomic E-state index is 14.2. The number of ether oxygens (including phenoxy) is 6. The summed E-state index contributed by atoms with van der Waals surface area (Å²) < 4.78 is 36.6. The van der Waals surface area contributed by atoms with Crippen LogP contribution in [0.2, 0.25) is 0 Å². The molecule has 0 bridgehead atoms. The van der Waals surface area contributed by atoms with Crippen LogP contribution in [0.25, 0.3) is 0 Å². The van der Waals surface area contributed by atoms with Gasteiger partial charge < -0.3 is 48.9 Å². The van der Waals surface area contributed by atoms with E-state index in [2.05, 4.69) is 5.32 Å².